The molecule has 3 nitrogen and oxygen atoms in total. The highest BCUT2D eigenvalue weighted by molar-refractivity contribution is 7.92. The van der Waals surface area contributed by atoms with Crippen LogP contribution in [0.1, 0.15) is 46.0 Å². The Balaban J connectivity index is 2.51. The van der Waals surface area contributed by atoms with Gasteiger partial charge < -0.3 is 5.73 Å². The second-order valence-corrected chi connectivity index (χ2v) is 7.55. The molecule has 0 aliphatic heterocycles. The molecule has 0 spiro atoms. The molecule has 0 saturated heterocycles. The predicted octanol–water partition coefficient (Wildman–Crippen LogP) is 1.96. The van der Waals surface area contributed by atoms with E-state index in [4.69, 9.17) is 5.73 Å². The molecule has 1 aliphatic carbocycles. The van der Waals surface area contributed by atoms with Gasteiger partial charge >= 0.3 is 0 Å². The van der Waals surface area contributed by atoms with Crippen LogP contribution < -0.4 is 5.73 Å². The second-order valence-electron chi connectivity index (χ2n) is 5.22. The highest BCUT2D eigenvalue weighted by Crippen LogP contribution is 2.31. The van der Waals surface area contributed by atoms with Gasteiger partial charge in [0.2, 0.25) is 0 Å². The first-order valence-corrected chi connectivity index (χ1v) is 8.12. The summed E-state index contributed by atoms with van der Waals surface area (Å²) in [6.07, 6.45) is 5.07. The second kappa shape index (κ2) is 6.01. The number of sulfone groups is 1. The van der Waals surface area contributed by atoms with Crippen molar-refractivity contribution in [1.82, 2.24) is 0 Å². The van der Waals surface area contributed by atoms with Crippen LogP contribution in [-0.2, 0) is 9.84 Å². The average molecular weight is 247 g/mol. The minimum Gasteiger partial charge on any atom is -0.330 e. The Morgan fingerprint density at radius 1 is 1.25 bits per heavy atom. The quantitative estimate of drug-likeness (QED) is 0.808. The van der Waals surface area contributed by atoms with E-state index in [1.54, 1.807) is 0 Å². The van der Waals surface area contributed by atoms with Gasteiger partial charge in [0.05, 0.1) is 11.0 Å². The summed E-state index contributed by atoms with van der Waals surface area (Å²) in [5.74, 6) is 1.11. The third kappa shape index (κ3) is 3.74. The van der Waals surface area contributed by atoms with Gasteiger partial charge in [-0.25, -0.2) is 8.42 Å². The van der Waals surface area contributed by atoms with Crippen LogP contribution in [0, 0.1) is 11.8 Å². The molecule has 16 heavy (non-hydrogen) atoms. The molecular formula is C12H25NO2S. The maximum absolute atomic E-state index is 12.1. The summed E-state index contributed by atoms with van der Waals surface area (Å²) in [6.45, 7) is 4.56. The maximum atomic E-state index is 12.1. The minimum absolute atomic E-state index is 0.0916. The number of nitrogens with two attached hydrogens (primary N) is 1. The fourth-order valence-corrected chi connectivity index (χ4v) is 4.69. The predicted molar refractivity (Wildman–Crippen MR) is 68.0 cm³/mol. The fraction of sp³-hybridized carbons (Fsp3) is 1.00. The lowest BCUT2D eigenvalue weighted by Gasteiger charge is -2.28. The summed E-state index contributed by atoms with van der Waals surface area (Å²) in [5.41, 5.74) is 5.49. The molecule has 1 rings (SSSR count). The highest BCUT2D eigenvalue weighted by Gasteiger charge is 2.30. The Labute approximate surface area is 99.7 Å². The first-order chi connectivity index (χ1) is 7.49. The minimum atomic E-state index is -2.91. The molecule has 0 aromatic carbocycles. The van der Waals surface area contributed by atoms with E-state index in [0.717, 1.165) is 31.6 Å². The van der Waals surface area contributed by atoms with Crippen molar-refractivity contribution in [3.8, 4) is 0 Å². The van der Waals surface area contributed by atoms with Crippen LogP contribution in [0.5, 0.6) is 0 Å². The Kier molecular flexibility index (Phi) is 5.25. The number of hydrogen-bond acceptors (Lipinski definition) is 3. The van der Waals surface area contributed by atoms with E-state index >= 15 is 0 Å². The largest absolute Gasteiger partial charge is 0.330 e. The van der Waals surface area contributed by atoms with Crippen molar-refractivity contribution in [2.24, 2.45) is 17.6 Å². The van der Waals surface area contributed by atoms with Gasteiger partial charge in [0, 0.05) is 0 Å². The monoisotopic (exact) mass is 247 g/mol. The molecule has 0 amide bonds. The standard InChI is InChI=1S/C12H25NO2S/c1-3-11-4-6-12(7-5-11)16(14,15)9-10(2)8-13/h10-12H,3-9,13H2,1-2H3. The summed E-state index contributed by atoms with van der Waals surface area (Å²) in [7, 11) is -2.91. The molecule has 1 unspecified atom stereocenters. The summed E-state index contributed by atoms with van der Waals surface area (Å²) in [6, 6.07) is 0. The first kappa shape index (κ1) is 14.0. The van der Waals surface area contributed by atoms with E-state index in [-0.39, 0.29) is 16.9 Å². The van der Waals surface area contributed by atoms with E-state index in [9.17, 15) is 8.42 Å². The molecule has 0 aromatic heterocycles. The van der Waals surface area contributed by atoms with Gasteiger partial charge in [-0.3, -0.25) is 0 Å². The van der Waals surface area contributed by atoms with Gasteiger partial charge in [-0.05, 0) is 44.1 Å². The molecule has 0 heterocycles. The Morgan fingerprint density at radius 2 is 1.81 bits per heavy atom. The Bertz CT molecular complexity index is 292. The molecule has 4 heteroatoms. The molecule has 0 aromatic rings. The van der Waals surface area contributed by atoms with E-state index in [1.165, 1.54) is 6.42 Å². The Morgan fingerprint density at radius 3 is 2.25 bits per heavy atom. The van der Waals surface area contributed by atoms with Gasteiger partial charge in [-0.15, -0.1) is 0 Å². The summed E-state index contributed by atoms with van der Waals surface area (Å²) < 4.78 is 24.2. The van der Waals surface area contributed by atoms with Crippen molar-refractivity contribution in [2.75, 3.05) is 12.3 Å². The van der Waals surface area contributed by atoms with Crippen molar-refractivity contribution in [3.05, 3.63) is 0 Å². The van der Waals surface area contributed by atoms with Crippen molar-refractivity contribution in [2.45, 2.75) is 51.2 Å². The van der Waals surface area contributed by atoms with Crippen molar-refractivity contribution in [3.63, 3.8) is 0 Å². The van der Waals surface area contributed by atoms with Gasteiger partial charge in [-0.2, -0.15) is 0 Å². The molecule has 1 atom stereocenters. The van der Waals surface area contributed by atoms with Crippen LogP contribution >= 0.6 is 0 Å². The molecule has 1 aliphatic rings. The summed E-state index contributed by atoms with van der Waals surface area (Å²) in [4.78, 5) is 0. The van der Waals surface area contributed by atoms with Gasteiger partial charge in [0.1, 0.15) is 0 Å². The van der Waals surface area contributed by atoms with Crippen LogP contribution in [0.2, 0.25) is 0 Å². The van der Waals surface area contributed by atoms with E-state index in [2.05, 4.69) is 6.92 Å². The molecule has 0 radical (unpaired) electrons. The maximum Gasteiger partial charge on any atom is 0.153 e. The summed E-state index contributed by atoms with van der Waals surface area (Å²) in [5, 5.41) is -0.0932. The van der Waals surface area contributed by atoms with Gasteiger partial charge in [0.25, 0.3) is 0 Å². The zero-order chi connectivity index (χ0) is 12.2. The van der Waals surface area contributed by atoms with Gasteiger partial charge in [-0.1, -0.05) is 20.3 Å². The van der Waals surface area contributed by atoms with Crippen molar-refractivity contribution < 1.29 is 8.42 Å². The molecule has 2 N–H and O–H groups in total. The average Bonchev–Trinajstić information content (AvgIpc) is 2.28. The summed E-state index contributed by atoms with van der Waals surface area (Å²) >= 11 is 0. The normalized spacial score (nSPS) is 28.9. The zero-order valence-electron chi connectivity index (χ0n) is 10.5. The molecule has 0 bridgehead atoms. The lowest BCUT2D eigenvalue weighted by Crippen LogP contribution is -2.32. The van der Waals surface area contributed by atoms with Crippen LogP contribution in [0.4, 0.5) is 0 Å². The molecule has 1 fully saturated rings. The highest BCUT2D eigenvalue weighted by atomic mass is 32.2. The smallest absolute Gasteiger partial charge is 0.153 e. The zero-order valence-corrected chi connectivity index (χ0v) is 11.3. The third-order valence-electron chi connectivity index (χ3n) is 3.80. The van der Waals surface area contributed by atoms with Crippen LogP contribution in [0.15, 0.2) is 0 Å². The fourth-order valence-electron chi connectivity index (χ4n) is 2.50. The molecule has 96 valence electrons. The lowest BCUT2D eigenvalue weighted by atomic mass is 9.87. The van der Waals surface area contributed by atoms with Crippen molar-refractivity contribution >= 4 is 9.84 Å². The molecule has 1 saturated carbocycles. The van der Waals surface area contributed by atoms with Crippen LogP contribution in [0.25, 0.3) is 0 Å². The topological polar surface area (TPSA) is 60.2 Å². The SMILES string of the molecule is CCC1CCC(S(=O)(=O)CC(C)CN)CC1. The van der Waals surface area contributed by atoms with E-state index in [1.807, 2.05) is 6.92 Å². The molecular weight excluding hydrogens is 222 g/mol. The number of rotatable bonds is 5. The van der Waals surface area contributed by atoms with Crippen molar-refractivity contribution in [1.29, 1.82) is 0 Å². The van der Waals surface area contributed by atoms with Crippen LogP contribution in [0.3, 0.4) is 0 Å². The third-order valence-corrected chi connectivity index (χ3v) is 6.32. The number of hydrogen-bond donors (Lipinski definition) is 1. The lowest BCUT2D eigenvalue weighted by molar-refractivity contribution is 0.348. The Hall–Kier alpha value is -0.0900. The first-order valence-electron chi connectivity index (χ1n) is 6.41. The van der Waals surface area contributed by atoms with E-state index < -0.39 is 9.84 Å². The van der Waals surface area contributed by atoms with E-state index in [0.29, 0.717) is 6.54 Å². The van der Waals surface area contributed by atoms with Gasteiger partial charge in [0.15, 0.2) is 9.84 Å². The van der Waals surface area contributed by atoms with Crippen LogP contribution in [-0.4, -0.2) is 26.0 Å².